The van der Waals surface area contributed by atoms with Crippen LogP contribution in [-0.4, -0.2) is 58.0 Å². The van der Waals surface area contributed by atoms with Crippen LogP contribution in [0, 0.1) is 0 Å². The van der Waals surface area contributed by atoms with Gasteiger partial charge in [-0.05, 0) is 47.4 Å². The van der Waals surface area contributed by atoms with Gasteiger partial charge in [0.05, 0.1) is 24.8 Å². The van der Waals surface area contributed by atoms with Gasteiger partial charge in [-0.15, -0.1) is 0 Å². The molecule has 178 valence electrons. The number of benzene rings is 2. The molecule has 0 aliphatic carbocycles. The molecule has 0 unspecified atom stereocenters. The molecule has 1 amide bonds. The van der Waals surface area contributed by atoms with Crippen molar-refractivity contribution in [1.82, 2.24) is 19.8 Å². The molecule has 3 heterocycles. The van der Waals surface area contributed by atoms with Crippen molar-refractivity contribution in [3.63, 3.8) is 0 Å². The third-order valence-corrected chi connectivity index (χ3v) is 6.48. The van der Waals surface area contributed by atoms with Crippen LogP contribution in [0.3, 0.4) is 0 Å². The summed E-state index contributed by atoms with van der Waals surface area (Å²) >= 11 is 0. The fourth-order valence-electron chi connectivity index (χ4n) is 4.63. The highest BCUT2D eigenvalue weighted by Crippen LogP contribution is 2.20. The highest BCUT2D eigenvalue weighted by atomic mass is 16.5. The van der Waals surface area contributed by atoms with Gasteiger partial charge in [-0.1, -0.05) is 48.5 Å². The van der Waals surface area contributed by atoms with Crippen LogP contribution >= 0.6 is 0 Å². The Kier molecular flexibility index (Phi) is 7.41. The Morgan fingerprint density at radius 1 is 0.857 bits per heavy atom. The van der Waals surface area contributed by atoms with E-state index in [2.05, 4.69) is 39.1 Å². The largest absolute Gasteiger partial charge is 0.370 e. The maximum Gasteiger partial charge on any atom is 0.236 e. The van der Waals surface area contributed by atoms with Gasteiger partial charge in [0.25, 0.3) is 0 Å². The summed E-state index contributed by atoms with van der Waals surface area (Å²) in [5, 5.41) is 1.13. The van der Waals surface area contributed by atoms with Crippen LogP contribution in [0.2, 0.25) is 0 Å². The molecule has 1 saturated heterocycles. The van der Waals surface area contributed by atoms with Crippen LogP contribution in [0.4, 0.5) is 0 Å². The van der Waals surface area contributed by atoms with Crippen molar-refractivity contribution in [2.75, 3.05) is 26.2 Å². The van der Waals surface area contributed by atoms with Crippen LogP contribution in [0.25, 0.3) is 10.9 Å². The molecule has 6 heteroatoms. The van der Waals surface area contributed by atoms with E-state index < -0.39 is 0 Å². The van der Waals surface area contributed by atoms with Crippen LogP contribution < -0.4 is 0 Å². The van der Waals surface area contributed by atoms with E-state index in [9.17, 15) is 4.79 Å². The second-order valence-corrected chi connectivity index (χ2v) is 9.02. The summed E-state index contributed by atoms with van der Waals surface area (Å²) in [5.74, 6) is 0.148. The molecular formula is C29H30N4O2. The molecule has 1 aliphatic heterocycles. The summed E-state index contributed by atoms with van der Waals surface area (Å²) in [6.45, 7) is 3.51. The summed E-state index contributed by atoms with van der Waals surface area (Å²) in [6.07, 6.45) is 6.16. The van der Waals surface area contributed by atoms with Crippen molar-refractivity contribution in [1.29, 1.82) is 0 Å². The molecule has 35 heavy (non-hydrogen) atoms. The molecule has 4 aromatic rings. The Labute approximate surface area is 206 Å². The van der Waals surface area contributed by atoms with Crippen LogP contribution in [0.5, 0.6) is 0 Å². The van der Waals surface area contributed by atoms with Gasteiger partial charge in [-0.2, -0.15) is 0 Å². The van der Waals surface area contributed by atoms with Crippen LogP contribution in [0.1, 0.15) is 16.7 Å². The zero-order valence-corrected chi connectivity index (χ0v) is 19.8. The third-order valence-electron chi connectivity index (χ3n) is 6.48. The Morgan fingerprint density at radius 2 is 1.66 bits per heavy atom. The fourth-order valence-corrected chi connectivity index (χ4v) is 4.63. The van der Waals surface area contributed by atoms with Crippen molar-refractivity contribution < 1.29 is 9.53 Å². The minimum Gasteiger partial charge on any atom is -0.370 e. The van der Waals surface area contributed by atoms with Crippen molar-refractivity contribution >= 4 is 16.8 Å². The molecule has 6 nitrogen and oxygen atoms in total. The molecular weight excluding hydrogens is 436 g/mol. The SMILES string of the molecule is O=C1CN(Cc2ccnc3ccccc23)C[C@@H](OCc2ccncc2)CN1CCc1ccccc1. The van der Waals surface area contributed by atoms with Crippen molar-refractivity contribution in [2.24, 2.45) is 0 Å². The topological polar surface area (TPSA) is 58.6 Å². The first-order valence-corrected chi connectivity index (χ1v) is 12.1. The normalized spacial score (nSPS) is 17.0. The number of rotatable bonds is 8. The summed E-state index contributed by atoms with van der Waals surface area (Å²) in [6, 6.07) is 24.5. The zero-order valence-electron chi connectivity index (χ0n) is 19.8. The summed E-state index contributed by atoms with van der Waals surface area (Å²) in [7, 11) is 0. The average molecular weight is 467 g/mol. The number of ether oxygens (including phenoxy) is 1. The maximum absolute atomic E-state index is 13.3. The minimum atomic E-state index is -0.0847. The number of nitrogens with zero attached hydrogens (tertiary/aromatic N) is 4. The number of amides is 1. The van der Waals surface area contributed by atoms with E-state index in [4.69, 9.17) is 4.74 Å². The third kappa shape index (κ3) is 6.10. The highest BCUT2D eigenvalue weighted by molar-refractivity contribution is 5.82. The van der Waals surface area contributed by atoms with Gasteiger partial charge in [-0.25, -0.2) is 0 Å². The summed E-state index contributed by atoms with van der Waals surface area (Å²) < 4.78 is 6.36. The quantitative estimate of drug-likeness (QED) is 0.391. The predicted molar refractivity (Wildman–Crippen MR) is 137 cm³/mol. The number of aromatic nitrogens is 2. The van der Waals surface area contributed by atoms with E-state index in [1.807, 2.05) is 59.6 Å². The lowest BCUT2D eigenvalue weighted by Gasteiger charge is -2.25. The fraction of sp³-hybridized carbons (Fsp3) is 0.276. The summed E-state index contributed by atoms with van der Waals surface area (Å²) in [5.41, 5.74) is 4.46. The van der Waals surface area contributed by atoms with Crippen LogP contribution in [0.15, 0.2) is 91.4 Å². The van der Waals surface area contributed by atoms with Crippen molar-refractivity contribution in [3.8, 4) is 0 Å². The molecule has 0 bridgehead atoms. The number of hydrogen-bond acceptors (Lipinski definition) is 5. The molecule has 1 fully saturated rings. The van der Waals surface area contributed by atoms with Crippen LogP contribution in [-0.2, 0) is 29.1 Å². The van der Waals surface area contributed by atoms with E-state index in [1.165, 1.54) is 11.1 Å². The van der Waals surface area contributed by atoms with E-state index in [-0.39, 0.29) is 12.0 Å². The van der Waals surface area contributed by atoms with E-state index >= 15 is 0 Å². The van der Waals surface area contributed by atoms with Crippen molar-refractivity contribution in [2.45, 2.75) is 25.7 Å². The number of hydrogen-bond donors (Lipinski definition) is 0. The lowest BCUT2D eigenvalue weighted by molar-refractivity contribution is -0.131. The van der Waals surface area contributed by atoms with Gasteiger partial charge in [0.2, 0.25) is 5.91 Å². The molecule has 0 N–H and O–H groups in total. The van der Waals surface area contributed by atoms with Gasteiger partial charge in [0, 0.05) is 50.2 Å². The van der Waals surface area contributed by atoms with Gasteiger partial charge in [0.15, 0.2) is 0 Å². The van der Waals surface area contributed by atoms with Gasteiger partial charge in [-0.3, -0.25) is 19.7 Å². The maximum atomic E-state index is 13.3. The number of carbonyl (C=O) groups excluding carboxylic acids is 1. The second-order valence-electron chi connectivity index (χ2n) is 9.02. The lowest BCUT2D eigenvalue weighted by Crippen LogP contribution is -2.39. The standard InChI is InChI=1S/C29H30N4O2/c34-29-21-32(18-25-12-16-31-28-9-5-4-8-27(25)28)19-26(35-22-24-10-14-30-15-11-24)20-33(29)17-13-23-6-2-1-3-7-23/h1-12,14-16,26H,13,17-22H2/t26-/m1/s1. The van der Waals surface area contributed by atoms with Crippen molar-refractivity contribution in [3.05, 3.63) is 108 Å². The van der Waals surface area contributed by atoms with Gasteiger partial charge < -0.3 is 9.64 Å². The molecule has 0 radical (unpaired) electrons. The molecule has 1 atom stereocenters. The lowest BCUT2D eigenvalue weighted by atomic mass is 10.1. The molecule has 5 rings (SSSR count). The first-order valence-electron chi connectivity index (χ1n) is 12.1. The monoisotopic (exact) mass is 466 g/mol. The Morgan fingerprint density at radius 3 is 2.51 bits per heavy atom. The predicted octanol–water partition coefficient (Wildman–Crippen LogP) is 4.10. The van der Waals surface area contributed by atoms with E-state index in [1.54, 1.807) is 12.4 Å². The molecule has 0 spiro atoms. The first kappa shape index (κ1) is 23.1. The smallest absolute Gasteiger partial charge is 0.236 e. The second kappa shape index (κ2) is 11.2. The number of pyridine rings is 2. The number of carbonyl (C=O) groups is 1. The molecule has 2 aromatic carbocycles. The summed E-state index contributed by atoms with van der Waals surface area (Å²) in [4.78, 5) is 26.1. The number of para-hydroxylation sites is 1. The molecule has 1 aliphatic rings. The molecule has 0 saturated carbocycles. The van der Waals surface area contributed by atoms with E-state index in [0.29, 0.717) is 39.3 Å². The molecule has 2 aromatic heterocycles. The highest BCUT2D eigenvalue weighted by Gasteiger charge is 2.28. The average Bonchev–Trinajstić information content (AvgIpc) is 3.05. The number of fused-ring (bicyclic) bond motifs is 1. The van der Waals surface area contributed by atoms with E-state index in [0.717, 1.165) is 22.9 Å². The van der Waals surface area contributed by atoms with Gasteiger partial charge >= 0.3 is 0 Å². The Balaban J connectivity index is 1.33. The van der Waals surface area contributed by atoms with Gasteiger partial charge in [0.1, 0.15) is 0 Å². The first-order chi connectivity index (χ1) is 17.2. The Hall–Kier alpha value is -3.61. The minimum absolute atomic E-state index is 0.0847. The Bertz CT molecular complexity index is 1240. The zero-order chi connectivity index (χ0) is 23.9.